The molecular weight excluding hydrogens is 191 g/mol. The van der Waals surface area contributed by atoms with Crippen LogP contribution in [0.15, 0.2) is 30.3 Å². The number of aryl methyl sites for hydroxylation is 1. The summed E-state index contributed by atoms with van der Waals surface area (Å²) in [5.74, 6) is -1.16. The van der Waals surface area contributed by atoms with Crippen LogP contribution >= 0.6 is 0 Å². The number of benzene rings is 1. The fourth-order valence-corrected chi connectivity index (χ4v) is 1.07. The average Bonchev–Trinajstić information content (AvgIpc) is 2.15. The Morgan fingerprint density at radius 1 is 1.36 bits per heavy atom. The Labute approximate surface area is 107 Å². The predicted molar refractivity (Wildman–Crippen MR) is 49.5 cm³/mol. The Morgan fingerprint density at radius 3 is 2.43 bits per heavy atom. The minimum atomic E-state index is -1.25. The number of hydrogen-bond acceptors (Lipinski definition) is 2. The zero-order valence-corrected chi connectivity index (χ0v) is 10.2. The van der Waals surface area contributed by atoms with E-state index in [1.54, 1.807) is 0 Å². The second kappa shape index (κ2) is 7.01. The summed E-state index contributed by atoms with van der Waals surface area (Å²) in [6.07, 6.45) is -0.395. The maximum atomic E-state index is 10.3. The Morgan fingerprint density at radius 2 is 1.93 bits per heavy atom. The molecule has 1 rings (SSSR count). The minimum Gasteiger partial charge on any atom is -1.00 e. The molecule has 0 spiro atoms. The second-order valence-corrected chi connectivity index (χ2v) is 2.88. The molecule has 1 aromatic carbocycles. The van der Waals surface area contributed by atoms with E-state index in [0.717, 1.165) is 5.56 Å². The van der Waals surface area contributed by atoms with Crippen molar-refractivity contribution in [1.29, 1.82) is 0 Å². The van der Waals surface area contributed by atoms with E-state index in [9.17, 15) is 4.79 Å². The zero-order valence-electron chi connectivity index (χ0n) is 9.18. The minimum absolute atomic E-state index is 0. The van der Waals surface area contributed by atoms with Gasteiger partial charge in [0.2, 0.25) is 0 Å². The van der Waals surface area contributed by atoms with E-state index in [0.29, 0.717) is 6.42 Å². The molecular formula is C10H13NaO3. The Bertz CT molecular complexity index is 279. The average molecular weight is 204 g/mol. The van der Waals surface area contributed by atoms with Gasteiger partial charge in [-0.15, -0.1) is 0 Å². The van der Waals surface area contributed by atoms with Gasteiger partial charge in [-0.05, 0) is 18.4 Å². The largest absolute Gasteiger partial charge is 1.00 e. The standard InChI is InChI=1S/C10H12O3.Na.H/c11-9(10(12)13)7-6-8-4-2-1-3-5-8;;/h1-5,9,11H,6-7H2,(H,12,13);;/q;+1;-1. The SMILES string of the molecule is O=C(O)C(O)CCc1ccccc1.[H-].[Na+]. The Kier molecular flexibility index (Phi) is 6.83. The van der Waals surface area contributed by atoms with Gasteiger partial charge >= 0.3 is 35.5 Å². The molecule has 0 bridgehead atoms. The van der Waals surface area contributed by atoms with Crippen LogP contribution in [0.2, 0.25) is 0 Å². The maximum absolute atomic E-state index is 10.3. The van der Waals surface area contributed by atoms with E-state index in [-0.39, 0.29) is 37.4 Å². The predicted octanol–water partition coefficient (Wildman–Crippen LogP) is -1.82. The quantitative estimate of drug-likeness (QED) is 0.568. The number of carbonyl (C=O) groups is 1. The first-order valence-corrected chi connectivity index (χ1v) is 4.15. The molecule has 0 amide bonds. The monoisotopic (exact) mass is 204 g/mol. The Balaban J connectivity index is 0. The van der Waals surface area contributed by atoms with Crippen LogP contribution < -0.4 is 29.6 Å². The fraction of sp³-hybridized carbons (Fsp3) is 0.300. The maximum Gasteiger partial charge on any atom is 1.00 e. The molecule has 0 fully saturated rings. The van der Waals surface area contributed by atoms with Gasteiger partial charge < -0.3 is 11.6 Å². The van der Waals surface area contributed by atoms with Gasteiger partial charge in [0, 0.05) is 0 Å². The van der Waals surface area contributed by atoms with E-state index in [1.165, 1.54) is 0 Å². The van der Waals surface area contributed by atoms with Crippen LogP contribution in [0.4, 0.5) is 0 Å². The van der Waals surface area contributed by atoms with Crippen molar-refractivity contribution in [3.63, 3.8) is 0 Å². The summed E-state index contributed by atoms with van der Waals surface area (Å²) >= 11 is 0. The molecule has 1 aromatic rings. The molecule has 4 heteroatoms. The van der Waals surface area contributed by atoms with Crippen molar-refractivity contribution in [2.24, 2.45) is 0 Å². The van der Waals surface area contributed by atoms with Crippen LogP contribution in [0.5, 0.6) is 0 Å². The summed E-state index contributed by atoms with van der Waals surface area (Å²) in [6, 6.07) is 9.51. The molecule has 3 nitrogen and oxygen atoms in total. The summed E-state index contributed by atoms with van der Waals surface area (Å²) < 4.78 is 0. The van der Waals surface area contributed by atoms with Crippen molar-refractivity contribution >= 4 is 5.97 Å². The molecule has 72 valence electrons. The van der Waals surface area contributed by atoms with Crippen LogP contribution in [0.25, 0.3) is 0 Å². The van der Waals surface area contributed by atoms with Crippen LogP contribution in [-0.2, 0) is 11.2 Å². The molecule has 0 aliphatic heterocycles. The number of aliphatic hydroxyl groups is 1. The topological polar surface area (TPSA) is 57.5 Å². The first-order valence-electron chi connectivity index (χ1n) is 4.15. The van der Waals surface area contributed by atoms with Gasteiger partial charge in [0.05, 0.1) is 0 Å². The molecule has 1 unspecified atom stereocenters. The third kappa shape index (κ3) is 4.77. The third-order valence-electron chi connectivity index (χ3n) is 1.83. The fourth-order valence-electron chi connectivity index (χ4n) is 1.07. The molecule has 0 saturated carbocycles. The van der Waals surface area contributed by atoms with Crippen LogP contribution in [-0.4, -0.2) is 22.3 Å². The van der Waals surface area contributed by atoms with Crippen molar-refractivity contribution in [1.82, 2.24) is 0 Å². The van der Waals surface area contributed by atoms with Crippen LogP contribution in [0, 0.1) is 0 Å². The summed E-state index contributed by atoms with van der Waals surface area (Å²) in [6.45, 7) is 0. The van der Waals surface area contributed by atoms with Gasteiger partial charge in [-0.2, -0.15) is 0 Å². The summed E-state index contributed by atoms with van der Waals surface area (Å²) in [7, 11) is 0. The Hall–Kier alpha value is -0.350. The van der Waals surface area contributed by atoms with Crippen molar-refractivity contribution in [2.45, 2.75) is 18.9 Å². The van der Waals surface area contributed by atoms with Crippen molar-refractivity contribution < 1.29 is 46.0 Å². The molecule has 0 saturated heterocycles. The van der Waals surface area contributed by atoms with Gasteiger partial charge in [0.1, 0.15) is 0 Å². The van der Waals surface area contributed by atoms with Gasteiger partial charge in [-0.3, -0.25) is 0 Å². The summed E-state index contributed by atoms with van der Waals surface area (Å²) in [4.78, 5) is 10.3. The van der Waals surface area contributed by atoms with E-state index in [2.05, 4.69) is 0 Å². The molecule has 0 radical (unpaired) electrons. The van der Waals surface area contributed by atoms with Gasteiger partial charge in [-0.25, -0.2) is 4.79 Å². The number of aliphatic hydroxyl groups excluding tert-OH is 1. The van der Waals surface area contributed by atoms with Crippen molar-refractivity contribution in [2.75, 3.05) is 0 Å². The first-order chi connectivity index (χ1) is 6.20. The third-order valence-corrected chi connectivity index (χ3v) is 1.83. The molecule has 1 atom stereocenters. The zero-order chi connectivity index (χ0) is 9.68. The first kappa shape index (κ1) is 13.7. The number of carboxylic acid groups (broad SMARTS) is 1. The number of aliphatic carboxylic acids is 1. The number of carboxylic acids is 1. The number of hydrogen-bond donors (Lipinski definition) is 2. The molecule has 0 aliphatic carbocycles. The van der Waals surface area contributed by atoms with Crippen molar-refractivity contribution in [3.05, 3.63) is 35.9 Å². The molecule has 2 N–H and O–H groups in total. The van der Waals surface area contributed by atoms with E-state index >= 15 is 0 Å². The molecule has 0 aromatic heterocycles. The summed E-state index contributed by atoms with van der Waals surface area (Å²) in [5.41, 5.74) is 1.04. The van der Waals surface area contributed by atoms with Gasteiger partial charge in [-0.1, -0.05) is 30.3 Å². The smallest absolute Gasteiger partial charge is 1.00 e. The van der Waals surface area contributed by atoms with Crippen LogP contribution in [0.3, 0.4) is 0 Å². The van der Waals surface area contributed by atoms with E-state index in [4.69, 9.17) is 10.2 Å². The molecule has 0 aliphatic rings. The van der Waals surface area contributed by atoms with E-state index in [1.807, 2.05) is 30.3 Å². The molecule has 0 heterocycles. The van der Waals surface area contributed by atoms with Crippen LogP contribution in [0.1, 0.15) is 13.4 Å². The van der Waals surface area contributed by atoms with E-state index < -0.39 is 12.1 Å². The van der Waals surface area contributed by atoms with Gasteiger partial charge in [0.15, 0.2) is 6.10 Å². The normalized spacial score (nSPS) is 11.5. The second-order valence-electron chi connectivity index (χ2n) is 2.88. The van der Waals surface area contributed by atoms with Gasteiger partial charge in [0.25, 0.3) is 0 Å². The summed E-state index contributed by atoms with van der Waals surface area (Å²) in [5, 5.41) is 17.4. The van der Waals surface area contributed by atoms with Crippen molar-refractivity contribution in [3.8, 4) is 0 Å². The number of rotatable bonds is 4. The molecule has 14 heavy (non-hydrogen) atoms.